The molecule has 3 aromatic rings. The number of halogens is 8. The molecule has 1 N–H and O–H groups in total. The molecule has 0 bridgehead atoms. The SMILES string of the molecule is O=C(O)Cc1ccc(OCC=C(c2ccc(C(F)(F)F)c(Cl)c2)c2ccc(C(F)(F)F)c(Cl)c2)cc1. The molecular formula is C25H16Cl2F6O3. The van der Waals surface area contributed by atoms with E-state index in [4.69, 9.17) is 33.0 Å². The fourth-order valence-electron chi connectivity index (χ4n) is 3.33. The van der Waals surface area contributed by atoms with Gasteiger partial charge in [0.05, 0.1) is 27.6 Å². The van der Waals surface area contributed by atoms with Crippen molar-refractivity contribution in [1.29, 1.82) is 0 Å². The summed E-state index contributed by atoms with van der Waals surface area (Å²) in [6.07, 6.45) is -8.09. The van der Waals surface area contributed by atoms with E-state index in [-0.39, 0.29) is 29.7 Å². The Labute approximate surface area is 211 Å². The number of carbonyl (C=O) groups is 1. The molecule has 0 radical (unpaired) electrons. The topological polar surface area (TPSA) is 46.5 Å². The second-order valence-electron chi connectivity index (χ2n) is 7.53. The number of alkyl halides is 6. The van der Waals surface area contributed by atoms with E-state index in [1.54, 1.807) is 12.1 Å². The number of hydrogen-bond donors (Lipinski definition) is 1. The molecule has 0 aliphatic rings. The average Bonchev–Trinajstić information content (AvgIpc) is 2.75. The lowest BCUT2D eigenvalue weighted by atomic mass is 9.95. The van der Waals surface area contributed by atoms with Crippen molar-refractivity contribution in [2.24, 2.45) is 0 Å². The molecule has 190 valence electrons. The lowest BCUT2D eigenvalue weighted by Crippen LogP contribution is -2.07. The van der Waals surface area contributed by atoms with Gasteiger partial charge in [0.15, 0.2) is 0 Å². The lowest BCUT2D eigenvalue weighted by molar-refractivity contribution is -0.138. The van der Waals surface area contributed by atoms with Gasteiger partial charge in [-0.1, -0.05) is 47.5 Å². The average molecular weight is 549 g/mol. The molecule has 0 saturated heterocycles. The van der Waals surface area contributed by atoms with Crippen LogP contribution < -0.4 is 4.74 Å². The van der Waals surface area contributed by atoms with Gasteiger partial charge in [-0.15, -0.1) is 0 Å². The molecule has 0 saturated carbocycles. The van der Waals surface area contributed by atoms with Crippen LogP contribution in [0.1, 0.15) is 27.8 Å². The fraction of sp³-hybridized carbons (Fsp3) is 0.160. The summed E-state index contributed by atoms with van der Waals surface area (Å²) in [5, 5.41) is 7.67. The van der Waals surface area contributed by atoms with E-state index < -0.39 is 39.5 Å². The Morgan fingerprint density at radius 3 is 1.67 bits per heavy atom. The summed E-state index contributed by atoms with van der Waals surface area (Å²) in [5.74, 6) is -0.628. The number of carboxylic acids is 1. The maximum absolute atomic E-state index is 13.1. The van der Waals surface area contributed by atoms with Crippen LogP contribution in [0.25, 0.3) is 5.57 Å². The summed E-state index contributed by atoms with van der Waals surface area (Å²) in [6, 6.07) is 12.1. The minimum Gasteiger partial charge on any atom is -0.490 e. The molecule has 3 nitrogen and oxygen atoms in total. The second-order valence-corrected chi connectivity index (χ2v) is 8.34. The molecular weight excluding hydrogens is 533 g/mol. The zero-order valence-electron chi connectivity index (χ0n) is 18.1. The van der Waals surface area contributed by atoms with Gasteiger partial charge >= 0.3 is 18.3 Å². The van der Waals surface area contributed by atoms with Gasteiger partial charge in [-0.05, 0) is 64.7 Å². The Morgan fingerprint density at radius 2 is 1.28 bits per heavy atom. The number of rotatable bonds is 7. The second kappa shape index (κ2) is 10.8. The van der Waals surface area contributed by atoms with Crippen molar-refractivity contribution in [2.45, 2.75) is 18.8 Å². The van der Waals surface area contributed by atoms with E-state index in [1.807, 2.05) is 0 Å². The van der Waals surface area contributed by atoms with Crippen LogP contribution in [0, 0.1) is 0 Å². The van der Waals surface area contributed by atoms with E-state index in [1.165, 1.54) is 18.2 Å². The maximum atomic E-state index is 13.1. The predicted molar refractivity (Wildman–Crippen MR) is 123 cm³/mol. The molecule has 3 aromatic carbocycles. The first-order valence-corrected chi connectivity index (χ1v) is 10.9. The van der Waals surface area contributed by atoms with Crippen LogP contribution in [0.4, 0.5) is 26.3 Å². The van der Waals surface area contributed by atoms with Crippen LogP contribution in [0.2, 0.25) is 10.0 Å². The largest absolute Gasteiger partial charge is 0.490 e. The highest BCUT2D eigenvalue weighted by Gasteiger charge is 2.34. The first-order valence-electron chi connectivity index (χ1n) is 10.1. The molecule has 0 aliphatic carbocycles. The van der Waals surface area contributed by atoms with E-state index in [9.17, 15) is 31.1 Å². The monoisotopic (exact) mass is 548 g/mol. The summed E-state index contributed by atoms with van der Waals surface area (Å²) >= 11 is 11.7. The van der Waals surface area contributed by atoms with Gasteiger partial charge in [0.2, 0.25) is 0 Å². The van der Waals surface area contributed by atoms with Crippen LogP contribution in [-0.2, 0) is 23.6 Å². The van der Waals surface area contributed by atoms with Gasteiger partial charge < -0.3 is 9.84 Å². The van der Waals surface area contributed by atoms with Crippen LogP contribution in [0.5, 0.6) is 5.75 Å². The standard InChI is InChI=1S/C25H16Cl2F6O3/c26-21-12-15(3-7-19(21)24(28,29)30)18(16-4-8-20(22(27)13-16)25(31,32)33)9-10-36-17-5-1-14(2-6-17)11-23(34)35/h1-9,12-13H,10-11H2,(H,34,35). The van der Waals surface area contributed by atoms with Crippen LogP contribution >= 0.6 is 23.2 Å². The van der Waals surface area contributed by atoms with Crippen LogP contribution in [0.15, 0.2) is 66.7 Å². The van der Waals surface area contributed by atoms with Gasteiger partial charge in [0, 0.05) is 0 Å². The zero-order chi connectivity index (χ0) is 26.7. The van der Waals surface area contributed by atoms with E-state index >= 15 is 0 Å². The highest BCUT2D eigenvalue weighted by Crippen LogP contribution is 2.39. The summed E-state index contributed by atoms with van der Waals surface area (Å²) < 4.78 is 84.4. The molecule has 0 spiro atoms. The third-order valence-electron chi connectivity index (χ3n) is 4.99. The molecule has 0 unspecified atom stereocenters. The molecule has 0 atom stereocenters. The molecule has 0 aromatic heterocycles. The molecule has 0 amide bonds. The number of aliphatic carboxylic acids is 1. The number of ether oxygens (including phenoxy) is 1. The molecule has 0 fully saturated rings. The van der Waals surface area contributed by atoms with Gasteiger partial charge in [-0.3, -0.25) is 4.79 Å². The highest BCUT2D eigenvalue weighted by molar-refractivity contribution is 6.32. The van der Waals surface area contributed by atoms with Gasteiger partial charge in [-0.2, -0.15) is 26.3 Å². The fourth-order valence-corrected chi connectivity index (χ4v) is 3.90. The van der Waals surface area contributed by atoms with Crippen molar-refractivity contribution < 1.29 is 41.0 Å². The normalized spacial score (nSPS) is 11.8. The Morgan fingerprint density at radius 1 is 0.806 bits per heavy atom. The van der Waals surface area contributed by atoms with Gasteiger partial charge in [0.25, 0.3) is 0 Å². The minimum atomic E-state index is -4.69. The van der Waals surface area contributed by atoms with E-state index in [0.29, 0.717) is 11.3 Å². The van der Waals surface area contributed by atoms with E-state index in [0.717, 1.165) is 36.4 Å². The summed E-state index contributed by atoms with van der Waals surface area (Å²) in [7, 11) is 0. The number of carboxylic acid groups (broad SMARTS) is 1. The third-order valence-corrected chi connectivity index (χ3v) is 5.61. The Bertz CT molecular complexity index is 1220. The minimum absolute atomic E-state index is 0.120. The van der Waals surface area contributed by atoms with Crippen molar-refractivity contribution in [2.75, 3.05) is 6.61 Å². The summed E-state index contributed by atoms with van der Waals surface area (Å²) in [4.78, 5) is 10.8. The summed E-state index contributed by atoms with van der Waals surface area (Å²) in [5.41, 5.74) is -0.937. The predicted octanol–water partition coefficient (Wildman–Crippen LogP) is 8.17. The maximum Gasteiger partial charge on any atom is 0.417 e. The number of hydrogen-bond acceptors (Lipinski definition) is 2. The molecule has 0 heterocycles. The zero-order valence-corrected chi connectivity index (χ0v) is 19.6. The van der Waals surface area contributed by atoms with Crippen LogP contribution in [0.3, 0.4) is 0 Å². The van der Waals surface area contributed by atoms with Crippen LogP contribution in [-0.4, -0.2) is 17.7 Å². The molecule has 11 heteroatoms. The Kier molecular flexibility index (Phi) is 8.26. The molecule has 3 rings (SSSR count). The van der Waals surface area contributed by atoms with Crippen molar-refractivity contribution in [3.05, 3.63) is 105 Å². The summed E-state index contributed by atoms with van der Waals surface area (Å²) in [6.45, 7) is -0.120. The van der Waals surface area contributed by atoms with Gasteiger partial charge in [-0.25, -0.2) is 0 Å². The Balaban J connectivity index is 1.96. The van der Waals surface area contributed by atoms with Crippen molar-refractivity contribution in [3.8, 4) is 5.75 Å². The van der Waals surface area contributed by atoms with Crippen molar-refractivity contribution in [3.63, 3.8) is 0 Å². The quantitative estimate of drug-likeness (QED) is 0.303. The van der Waals surface area contributed by atoms with E-state index in [2.05, 4.69) is 0 Å². The third kappa shape index (κ3) is 6.95. The molecule has 0 aliphatic heterocycles. The number of benzene rings is 3. The van der Waals surface area contributed by atoms with Gasteiger partial charge in [0.1, 0.15) is 12.4 Å². The first kappa shape index (κ1) is 27.4. The lowest BCUT2D eigenvalue weighted by Gasteiger charge is -2.15. The van der Waals surface area contributed by atoms with Crippen molar-refractivity contribution >= 4 is 34.7 Å². The smallest absolute Gasteiger partial charge is 0.417 e. The molecule has 36 heavy (non-hydrogen) atoms. The highest BCUT2D eigenvalue weighted by atomic mass is 35.5. The Hall–Kier alpha value is -3.17. The van der Waals surface area contributed by atoms with Crippen molar-refractivity contribution in [1.82, 2.24) is 0 Å². The first-order chi connectivity index (χ1) is 16.8.